The molecule has 2 aromatic carbocycles. The summed E-state index contributed by atoms with van der Waals surface area (Å²) in [7, 11) is -4.08. The Morgan fingerprint density at radius 1 is 0.946 bits per heavy atom. The molecule has 9 nitrogen and oxygen atoms in total. The van der Waals surface area contributed by atoms with Gasteiger partial charge in [0.25, 0.3) is 0 Å². The second-order valence-corrected chi connectivity index (χ2v) is 10.3. The lowest BCUT2D eigenvalue weighted by atomic mass is 10.0. The van der Waals surface area contributed by atoms with Crippen LogP contribution >= 0.6 is 7.82 Å². The molecule has 0 aromatic heterocycles. The van der Waals surface area contributed by atoms with Crippen molar-refractivity contribution in [3.63, 3.8) is 0 Å². The van der Waals surface area contributed by atoms with E-state index in [4.69, 9.17) is 27.8 Å². The molecule has 4 atom stereocenters. The highest BCUT2D eigenvalue weighted by atomic mass is 31.2. The highest BCUT2D eigenvalue weighted by Crippen LogP contribution is 2.52. The number of carbonyl (C=O) groups is 1. The Morgan fingerprint density at radius 3 is 2.14 bits per heavy atom. The molecule has 1 fully saturated rings. The van der Waals surface area contributed by atoms with E-state index in [9.17, 15) is 14.5 Å². The van der Waals surface area contributed by atoms with E-state index in [0.717, 1.165) is 18.4 Å². The van der Waals surface area contributed by atoms with Gasteiger partial charge in [0.05, 0.1) is 32.0 Å². The van der Waals surface area contributed by atoms with Gasteiger partial charge in [-0.25, -0.2) is 9.36 Å². The van der Waals surface area contributed by atoms with Crippen LogP contribution < -0.4 is 0 Å². The summed E-state index contributed by atoms with van der Waals surface area (Å²) >= 11 is 0. The molecule has 204 valence electrons. The van der Waals surface area contributed by atoms with Crippen LogP contribution in [0.15, 0.2) is 60.7 Å². The highest BCUT2D eigenvalue weighted by Gasteiger charge is 2.48. The minimum atomic E-state index is -4.08. The predicted molar refractivity (Wildman–Crippen MR) is 137 cm³/mol. The van der Waals surface area contributed by atoms with Crippen LogP contribution in [0.2, 0.25) is 0 Å². The van der Waals surface area contributed by atoms with Gasteiger partial charge in [-0.2, -0.15) is 0 Å². The molecule has 2 aromatic rings. The molecule has 0 amide bonds. The Labute approximate surface area is 218 Å². The van der Waals surface area contributed by atoms with Crippen molar-refractivity contribution < 1.29 is 42.2 Å². The molecule has 1 saturated heterocycles. The summed E-state index contributed by atoms with van der Waals surface area (Å²) in [6, 6.07) is 17.8. The average molecular weight is 537 g/mol. The third-order valence-corrected chi connectivity index (χ3v) is 7.13. The van der Waals surface area contributed by atoms with E-state index in [-0.39, 0.29) is 26.4 Å². The molecule has 10 heteroatoms. The molecule has 0 bridgehead atoms. The van der Waals surface area contributed by atoms with E-state index in [1.807, 2.05) is 44.2 Å². The summed E-state index contributed by atoms with van der Waals surface area (Å²) in [5.41, 5.74) is 1.16. The summed E-state index contributed by atoms with van der Waals surface area (Å²) in [5, 5.41) is 10.7. The quantitative estimate of drug-likeness (QED) is 0.185. The lowest BCUT2D eigenvalue weighted by Crippen LogP contribution is -2.56. The fourth-order valence-corrected chi connectivity index (χ4v) is 4.91. The number of rotatable bonds is 15. The van der Waals surface area contributed by atoms with Gasteiger partial charge in [-0.05, 0) is 30.5 Å². The number of phosphoric acid groups is 1. The van der Waals surface area contributed by atoms with Crippen LogP contribution in [0, 0.1) is 0 Å². The van der Waals surface area contributed by atoms with Crippen LogP contribution in [0.1, 0.15) is 55.5 Å². The van der Waals surface area contributed by atoms with Gasteiger partial charge in [-0.15, -0.1) is 0 Å². The number of hydrogen-bond donors (Lipinski definition) is 1. The average Bonchev–Trinajstić information content (AvgIpc) is 2.91. The molecule has 0 saturated carbocycles. The van der Waals surface area contributed by atoms with Gasteiger partial charge in [0.2, 0.25) is 6.29 Å². The number of carbonyl (C=O) groups excluding carboxylic acids is 1. The Balaban J connectivity index is 1.83. The number of esters is 1. The predicted octanol–water partition coefficient (Wildman–Crippen LogP) is 5.27. The van der Waals surface area contributed by atoms with Crippen molar-refractivity contribution in [2.24, 2.45) is 0 Å². The first kappa shape index (κ1) is 29.5. The van der Waals surface area contributed by atoms with Gasteiger partial charge in [-0.3, -0.25) is 13.6 Å². The molecule has 0 radical (unpaired) electrons. The van der Waals surface area contributed by atoms with Crippen LogP contribution in [0.5, 0.6) is 0 Å². The van der Waals surface area contributed by atoms with E-state index in [1.165, 1.54) is 0 Å². The SMILES string of the molecule is CCCCOP(=O)(OCCCC)O[C@H]1OC[C@@H](O)[C@H](OCc2ccccc2)[C@H]1OC(=O)c1ccccc1. The van der Waals surface area contributed by atoms with Gasteiger partial charge >= 0.3 is 13.8 Å². The second-order valence-electron chi connectivity index (χ2n) is 8.69. The smallest absolute Gasteiger partial charge is 0.450 e. The van der Waals surface area contributed by atoms with Gasteiger partial charge < -0.3 is 19.3 Å². The molecule has 0 aliphatic carbocycles. The summed E-state index contributed by atoms with van der Waals surface area (Å²) in [4.78, 5) is 13.0. The Bertz CT molecular complexity index is 958. The number of unbranched alkanes of at least 4 members (excludes halogenated alkanes) is 2. The normalized spacial score (nSPS) is 22.0. The third-order valence-electron chi connectivity index (χ3n) is 5.67. The standard InChI is InChI=1S/C27H37O9P/c1-3-5-17-33-37(30,34-18-6-4-2)36-27-25(35-26(29)22-15-11-8-12-16-22)24(23(28)20-32-27)31-19-21-13-9-7-10-14-21/h7-16,23-25,27-28H,3-6,17-20H2,1-2H3/t23-,24+,25-,27-/m1/s1. The van der Waals surface area contributed by atoms with E-state index >= 15 is 0 Å². The molecule has 0 spiro atoms. The number of ether oxygens (including phenoxy) is 3. The zero-order chi connectivity index (χ0) is 26.5. The zero-order valence-electron chi connectivity index (χ0n) is 21.4. The Morgan fingerprint density at radius 2 is 1.54 bits per heavy atom. The largest absolute Gasteiger partial charge is 0.477 e. The molecule has 3 rings (SSSR count). The minimum Gasteiger partial charge on any atom is -0.450 e. The number of hydrogen-bond acceptors (Lipinski definition) is 9. The van der Waals surface area contributed by atoms with Crippen molar-refractivity contribution in [2.75, 3.05) is 19.8 Å². The van der Waals surface area contributed by atoms with Crippen molar-refractivity contribution in [3.8, 4) is 0 Å². The first-order valence-corrected chi connectivity index (χ1v) is 14.2. The van der Waals surface area contributed by atoms with Crippen molar-refractivity contribution >= 4 is 13.8 Å². The maximum absolute atomic E-state index is 13.5. The molecule has 37 heavy (non-hydrogen) atoms. The van der Waals surface area contributed by atoms with Crippen LogP contribution in [0.4, 0.5) is 0 Å². The summed E-state index contributed by atoms with van der Waals surface area (Å²) in [6.07, 6.45) is -1.79. The summed E-state index contributed by atoms with van der Waals surface area (Å²) in [6.45, 7) is 4.24. The monoisotopic (exact) mass is 536 g/mol. The molecule has 1 aliphatic rings. The van der Waals surface area contributed by atoms with E-state index in [0.29, 0.717) is 18.4 Å². The van der Waals surface area contributed by atoms with Crippen molar-refractivity contribution in [1.82, 2.24) is 0 Å². The fourth-order valence-electron chi connectivity index (χ4n) is 3.58. The molecule has 1 aliphatic heterocycles. The first-order chi connectivity index (χ1) is 18.0. The third kappa shape index (κ3) is 9.30. The van der Waals surface area contributed by atoms with Gasteiger partial charge in [0.15, 0.2) is 6.10 Å². The van der Waals surface area contributed by atoms with Crippen LogP contribution in [-0.4, -0.2) is 55.5 Å². The van der Waals surface area contributed by atoms with Crippen molar-refractivity contribution in [1.29, 1.82) is 0 Å². The first-order valence-electron chi connectivity index (χ1n) is 12.7. The molecule has 0 unspecified atom stereocenters. The maximum Gasteiger partial charge on any atom is 0.477 e. The van der Waals surface area contributed by atoms with Gasteiger partial charge in [0.1, 0.15) is 12.2 Å². The summed E-state index contributed by atoms with van der Waals surface area (Å²) in [5.74, 6) is -0.668. The number of benzene rings is 2. The van der Waals surface area contributed by atoms with E-state index in [2.05, 4.69) is 0 Å². The topological polar surface area (TPSA) is 110 Å². The minimum absolute atomic E-state index is 0.145. The second kappa shape index (κ2) is 15.3. The molecule has 1 N–H and O–H groups in total. The molecule has 1 heterocycles. The van der Waals surface area contributed by atoms with Crippen molar-refractivity contribution in [2.45, 2.75) is 70.7 Å². The summed E-state index contributed by atoms with van der Waals surface area (Å²) < 4.78 is 47.8. The van der Waals surface area contributed by atoms with Crippen molar-refractivity contribution in [3.05, 3.63) is 71.8 Å². The number of aliphatic hydroxyl groups is 1. The van der Waals surface area contributed by atoms with Crippen LogP contribution in [-0.2, 0) is 39.0 Å². The highest BCUT2D eigenvalue weighted by molar-refractivity contribution is 7.48. The number of aliphatic hydroxyl groups excluding tert-OH is 1. The van der Waals surface area contributed by atoms with E-state index < -0.39 is 38.4 Å². The lowest BCUT2D eigenvalue weighted by molar-refractivity contribution is -0.258. The maximum atomic E-state index is 13.5. The Kier molecular flexibility index (Phi) is 12.2. The van der Waals surface area contributed by atoms with Crippen LogP contribution in [0.25, 0.3) is 0 Å². The van der Waals surface area contributed by atoms with Gasteiger partial charge in [-0.1, -0.05) is 75.2 Å². The number of phosphoric ester groups is 1. The van der Waals surface area contributed by atoms with E-state index in [1.54, 1.807) is 30.3 Å². The Hall–Kier alpha value is -2.10. The zero-order valence-corrected chi connectivity index (χ0v) is 22.3. The lowest BCUT2D eigenvalue weighted by Gasteiger charge is -2.40. The molecular formula is C27H37O9P. The molecular weight excluding hydrogens is 499 g/mol. The van der Waals surface area contributed by atoms with Crippen LogP contribution in [0.3, 0.4) is 0 Å². The fraction of sp³-hybridized carbons (Fsp3) is 0.519. The van der Waals surface area contributed by atoms with Gasteiger partial charge in [0, 0.05) is 0 Å².